The van der Waals surface area contributed by atoms with Crippen molar-refractivity contribution in [2.24, 2.45) is 0 Å². The number of hydrogen-bond donors (Lipinski definition) is 0. The van der Waals surface area contributed by atoms with Gasteiger partial charge < -0.3 is 9.47 Å². The molecule has 0 heterocycles. The van der Waals surface area contributed by atoms with Gasteiger partial charge in [-0.1, -0.05) is 11.6 Å². The third-order valence-corrected chi connectivity index (χ3v) is 2.65. The number of ether oxygens (including phenoxy) is 2. The zero-order valence-electron chi connectivity index (χ0n) is 8.56. The van der Waals surface area contributed by atoms with Crippen LogP contribution in [0.15, 0.2) is 6.07 Å². The van der Waals surface area contributed by atoms with Gasteiger partial charge in [-0.05, 0) is 30.2 Å². The number of halogens is 2. The van der Waals surface area contributed by atoms with Gasteiger partial charge in [0.1, 0.15) is 11.3 Å². The normalized spacial score (nSPS) is 9.93. The summed E-state index contributed by atoms with van der Waals surface area (Å²) in [6, 6.07) is 1.64. The van der Waals surface area contributed by atoms with Crippen molar-refractivity contribution in [2.45, 2.75) is 6.92 Å². The van der Waals surface area contributed by atoms with Crippen LogP contribution in [0.3, 0.4) is 0 Å². The highest BCUT2D eigenvalue weighted by molar-refractivity contribution is 6.68. The lowest BCUT2D eigenvalue weighted by molar-refractivity contribution is 0.107. The van der Waals surface area contributed by atoms with Crippen LogP contribution in [0.25, 0.3) is 0 Å². The lowest BCUT2D eigenvalue weighted by Gasteiger charge is -2.13. The van der Waals surface area contributed by atoms with Crippen molar-refractivity contribution in [3.8, 4) is 11.5 Å². The molecule has 0 aromatic heterocycles. The van der Waals surface area contributed by atoms with Gasteiger partial charge >= 0.3 is 0 Å². The molecule has 0 N–H and O–H groups in total. The maximum absolute atomic E-state index is 11.2. The van der Waals surface area contributed by atoms with E-state index in [0.29, 0.717) is 10.8 Å². The van der Waals surface area contributed by atoms with Crippen molar-refractivity contribution >= 4 is 28.4 Å². The number of hydrogen-bond acceptors (Lipinski definition) is 3. The average Bonchev–Trinajstić information content (AvgIpc) is 2.20. The average molecular weight is 249 g/mol. The van der Waals surface area contributed by atoms with Crippen LogP contribution in [0.4, 0.5) is 0 Å². The molecular weight excluding hydrogens is 239 g/mol. The minimum atomic E-state index is -0.661. The topological polar surface area (TPSA) is 35.5 Å². The summed E-state index contributed by atoms with van der Waals surface area (Å²) in [5, 5.41) is -0.298. The largest absolute Gasteiger partial charge is 0.496 e. The van der Waals surface area contributed by atoms with Crippen molar-refractivity contribution in [1.29, 1.82) is 0 Å². The van der Waals surface area contributed by atoms with E-state index in [4.69, 9.17) is 32.7 Å². The van der Waals surface area contributed by atoms with E-state index in [1.807, 2.05) is 0 Å². The lowest BCUT2D eigenvalue weighted by atomic mass is 10.1. The van der Waals surface area contributed by atoms with Gasteiger partial charge in [-0.15, -0.1) is 0 Å². The first-order valence-electron chi connectivity index (χ1n) is 4.13. The Bertz CT molecular complexity index is 402. The van der Waals surface area contributed by atoms with E-state index < -0.39 is 5.24 Å². The zero-order valence-corrected chi connectivity index (χ0v) is 10.1. The van der Waals surface area contributed by atoms with Gasteiger partial charge in [0.15, 0.2) is 5.75 Å². The Kier molecular flexibility index (Phi) is 3.83. The fourth-order valence-electron chi connectivity index (χ4n) is 1.27. The molecular formula is C10H10Cl2O3. The number of rotatable bonds is 3. The van der Waals surface area contributed by atoms with Gasteiger partial charge in [0.25, 0.3) is 5.24 Å². The summed E-state index contributed by atoms with van der Waals surface area (Å²) in [4.78, 5) is 11.2. The summed E-state index contributed by atoms with van der Waals surface area (Å²) in [7, 11) is 2.87. The molecule has 0 amide bonds. The number of aryl methyl sites for hydroxylation is 1. The molecule has 0 bridgehead atoms. The van der Waals surface area contributed by atoms with Crippen molar-refractivity contribution < 1.29 is 14.3 Å². The molecule has 82 valence electrons. The van der Waals surface area contributed by atoms with Gasteiger partial charge in [-0.25, -0.2) is 0 Å². The molecule has 1 aromatic rings. The molecule has 0 atom stereocenters. The van der Waals surface area contributed by atoms with Crippen LogP contribution < -0.4 is 9.47 Å². The molecule has 5 heteroatoms. The predicted octanol–water partition coefficient (Wildman–Crippen LogP) is 3.04. The molecule has 1 aromatic carbocycles. The van der Waals surface area contributed by atoms with E-state index in [-0.39, 0.29) is 11.3 Å². The standard InChI is InChI=1S/C10H10Cl2O3/c1-5-4-6(14-2)7(10(12)13)9(15-3)8(5)11/h4H,1-3H3. The van der Waals surface area contributed by atoms with Gasteiger partial charge in [-0.3, -0.25) is 4.79 Å². The number of benzene rings is 1. The van der Waals surface area contributed by atoms with E-state index in [2.05, 4.69) is 0 Å². The lowest BCUT2D eigenvalue weighted by Crippen LogP contribution is -2.01. The molecule has 0 saturated carbocycles. The number of carbonyl (C=O) groups excluding carboxylic acids is 1. The molecule has 0 unspecified atom stereocenters. The summed E-state index contributed by atoms with van der Waals surface area (Å²) < 4.78 is 10.1. The first kappa shape index (κ1) is 12.1. The summed E-state index contributed by atoms with van der Waals surface area (Å²) in [5.41, 5.74) is 0.907. The first-order chi connectivity index (χ1) is 7.02. The van der Waals surface area contributed by atoms with Crippen LogP contribution in [0.5, 0.6) is 11.5 Å². The molecule has 1 rings (SSSR count). The van der Waals surface area contributed by atoms with E-state index in [9.17, 15) is 4.79 Å². The zero-order chi connectivity index (χ0) is 11.6. The summed E-state index contributed by atoms with van der Waals surface area (Å²) in [5.74, 6) is 0.599. The maximum Gasteiger partial charge on any atom is 0.259 e. The van der Waals surface area contributed by atoms with Crippen LogP contribution in [0.1, 0.15) is 15.9 Å². The monoisotopic (exact) mass is 248 g/mol. The molecule has 0 saturated heterocycles. The van der Waals surface area contributed by atoms with Crippen LogP contribution >= 0.6 is 23.2 Å². The maximum atomic E-state index is 11.2. The molecule has 0 aliphatic rings. The number of methoxy groups -OCH3 is 2. The molecule has 0 fully saturated rings. The Morgan fingerprint density at radius 2 is 1.93 bits per heavy atom. The van der Waals surface area contributed by atoms with E-state index in [1.54, 1.807) is 13.0 Å². The molecule has 0 radical (unpaired) electrons. The summed E-state index contributed by atoms with van der Waals surface area (Å²) in [6.45, 7) is 1.79. The minimum Gasteiger partial charge on any atom is -0.496 e. The quantitative estimate of drug-likeness (QED) is 0.772. The Morgan fingerprint density at radius 3 is 2.33 bits per heavy atom. The third-order valence-electron chi connectivity index (χ3n) is 1.99. The second-order valence-corrected chi connectivity index (χ2v) is 3.61. The van der Waals surface area contributed by atoms with Crippen LogP contribution in [0.2, 0.25) is 5.02 Å². The third kappa shape index (κ3) is 2.19. The molecule has 3 nitrogen and oxygen atoms in total. The van der Waals surface area contributed by atoms with Gasteiger partial charge in [-0.2, -0.15) is 0 Å². The van der Waals surface area contributed by atoms with Crippen molar-refractivity contribution in [3.63, 3.8) is 0 Å². The van der Waals surface area contributed by atoms with E-state index in [1.165, 1.54) is 14.2 Å². The van der Waals surface area contributed by atoms with Gasteiger partial charge in [0.2, 0.25) is 0 Å². The highest BCUT2D eigenvalue weighted by Gasteiger charge is 2.21. The Labute approximate surface area is 97.9 Å². The molecule has 0 spiro atoms. The van der Waals surface area contributed by atoms with E-state index >= 15 is 0 Å². The Morgan fingerprint density at radius 1 is 1.33 bits per heavy atom. The van der Waals surface area contributed by atoms with Gasteiger partial charge in [0, 0.05) is 0 Å². The van der Waals surface area contributed by atoms with Gasteiger partial charge in [0.05, 0.1) is 19.2 Å². The Hall–Kier alpha value is -0.930. The fourth-order valence-corrected chi connectivity index (χ4v) is 1.68. The Balaban J connectivity index is 3.56. The highest BCUT2D eigenvalue weighted by Crippen LogP contribution is 2.38. The minimum absolute atomic E-state index is 0.150. The first-order valence-corrected chi connectivity index (χ1v) is 4.89. The van der Waals surface area contributed by atoms with E-state index in [0.717, 1.165) is 5.56 Å². The fraction of sp³-hybridized carbons (Fsp3) is 0.300. The summed E-state index contributed by atoms with van der Waals surface area (Å²) >= 11 is 11.4. The molecule has 15 heavy (non-hydrogen) atoms. The van der Waals surface area contributed by atoms with Crippen molar-refractivity contribution in [2.75, 3.05) is 14.2 Å². The van der Waals surface area contributed by atoms with Crippen LogP contribution in [-0.2, 0) is 0 Å². The van der Waals surface area contributed by atoms with Crippen LogP contribution in [-0.4, -0.2) is 19.5 Å². The molecule has 0 aliphatic heterocycles. The van der Waals surface area contributed by atoms with Crippen molar-refractivity contribution in [1.82, 2.24) is 0 Å². The second-order valence-electron chi connectivity index (χ2n) is 2.89. The summed E-state index contributed by atoms with van der Waals surface area (Å²) in [6.07, 6.45) is 0. The van der Waals surface area contributed by atoms with Crippen molar-refractivity contribution in [3.05, 3.63) is 22.2 Å². The molecule has 0 aliphatic carbocycles. The smallest absolute Gasteiger partial charge is 0.259 e. The second kappa shape index (κ2) is 4.73. The number of carbonyl (C=O) groups is 1. The van der Waals surface area contributed by atoms with Crippen LogP contribution in [0, 0.1) is 6.92 Å². The predicted molar refractivity (Wildman–Crippen MR) is 59.5 cm³/mol. The SMILES string of the molecule is COc1cc(C)c(Cl)c(OC)c1C(=O)Cl. The highest BCUT2D eigenvalue weighted by atomic mass is 35.5.